The van der Waals surface area contributed by atoms with Gasteiger partial charge in [-0.2, -0.15) is 13.2 Å². The Kier molecular flexibility index (Phi) is 4.32. The number of alkyl halides is 3. The molecule has 0 radical (unpaired) electrons. The maximum atomic E-state index is 12.7. The van der Waals surface area contributed by atoms with E-state index in [0.717, 1.165) is 19.3 Å². The molecule has 0 bridgehead atoms. The molecule has 5 nitrogen and oxygen atoms in total. The summed E-state index contributed by atoms with van der Waals surface area (Å²) in [5.74, 6) is -0.922. The van der Waals surface area contributed by atoms with E-state index in [4.69, 9.17) is 0 Å². The third kappa shape index (κ3) is 3.50. The fourth-order valence-electron chi connectivity index (χ4n) is 2.28. The summed E-state index contributed by atoms with van der Waals surface area (Å²) in [4.78, 5) is 6.85. The fraction of sp³-hybridized carbons (Fsp3) is 0.667. The zero-order valence-corrected chi connectivity index (χ0v) is 11.0. The van der Waals surface area contributed by atoms with Crippen molar-refractivity contribution >= 4 is 11.6 Å². The average molecular weight is 290 g/mol. The van der Waals surface area contributed by atoms with Crippen LogP contribution in [0.25, 0.3) is 0 Å². The van der Waals surface area contributed by atoms with Crippen molar-refractivity contribution in [2.45, 2.75) is 31.5 Å². The highest BCUT2D eigenvalue weighted by molar-refractivity contribution is 5.47. The van der Waals surface area contributed by atoms with Crippen molar-refractivity contribution < 1.29 is 18.3 Å². The third-order valence-electron chi connectivity index (χ3n) is 3.40. The number of aliphatic hydroxyl groups is 1. The van der Waals surface area contributed by atoms with Gasteiger partial charge in [0.1, 0.15) is 11.6 Å². The van der Waals surface area contributed by atoms with Gasteiger partial charge in [-0.25, -0.2) is 9.97 Å². The second-order valence-corrected chi connectivity index (χ2v) is 4.85. The van der Waals surface area contributed by atoms with Gasteiger partial charge in [-0.1, -0.05) is 6.42 Å². The molecule has 20 heavy (non-hydrogen) atoms. The molecule has 1 aliphatic rings. The second kappa shape index (κ2) is 5.82. The van der Waals surface area contributed by atoms with Crippen LogP contribution < -0.4 is 10.6 Å². The van der Waals surface area contributed by atoms with Crippen molar-refractivity contribution in [1.82, 2.24) is 9.97 Å². The number of hydrogen-bond donors (Lipinski definition) is 3. The molecule has 2 rings (SSSR count). The molecule has 1 heterocycles. The summed E-state index contributed by atoms with van der Waals surface area (Å²) in [5.41, 5.74) is 0. The number of nitrogens with zero attached hydrogens (tertiary/aromatic N) is 2. The summed E-state index contributed by atoms with van der Waals surface area (Å²) in [6.07, 6.45) is -2.44. The molecule has 1 fully saturated rings. The van der Waals surface area contributed by atoms with Crippen molar-refractivity contribution in [3.05, 3.63) is 11.9 Å². The molecule has 1 aromatic rings. The summed E-state index contributed by atoms with van der Waals surface area (Å²) >= 11 is 0. The van der Waals surface area contributed by atoms with Gasteiger partial charge in [0.2, 0.25) is 5.82 Å². The van der Waals surface area contributed by atoms with E-state index in [-0.39, 0.29) is 17.6 Å². The topological polar surface area (TPSA) is 70.1 Å². The van der Waals surface area contributed by atoms with Gasteiger partial charge in [-0.05, 0) is 12.8 Å². The van der Waals surface area contributed by atoms with Gasteiger partial charge in [0.15, 0.2) is 0 Å². The number of rotatable bonds is 4. The zero-order valence-electron chi connectivity index (χ0n) is 11.0. The molecule has 2 atom stereocenters. The Morgan fingerprint density at radius 2 is 2.00 bits per heavy atom. The summed E-state index contributed by atoms with van der Waals surface area (Å²) in [6, 6.07) is 1.41. The minimum absolute atomic E-state index is 0.0531. The Morgan fingerprint density at radius 3 is 2.55 bits per heavy atom. The highest BCUT2D eigenvalue weighted by Crippen LogP contribution is 2.29. The first-order chi connectivity index (χ1) is 9.40. The minimum atomic E-state index is -4.59. The molecule has 3 N–H and O–H groups in total. The number of hydrogen-bond acceptors (Lipinski definition) is 5. The Labute approximate surface area is 114 Å². The predicted octanol–water partition coefficient (Wildman–Crippen LogP) is 2.11. The number of aromatic nitrogens is 2. The first kappa shape index (κ1) is 14.8. The van der Waals surface area contributed by atoms with E-state index >= 15 is 0 Å². The van der Waals surface area contributed by atoms with Crippen LogP contribution in [0.1, 0.15) is 25.1 Å². The highest BCUT2D eigenvalue weighted by atomic mass is 19.4. The second-order valence-electron chi connectivity index (χ2n) is 4.85. The Balaban J connectivity index is 2.10. The molecule has 112 valence electrons. The monoisotopic (exact) mass is 290 g/mol. The minimum Gasteiger partial charge on any atom is -0.393 e. The average Bonchev–Trinajstić information content (AvgIpc) is 2.80. The molecule has 1 aromatic heterocycles. The summed E-state index contributed by atoms with van der Waals surface area (Å²) in [6.45, 7) is 0.401. The van der Waals surface area contributed by atoms with Crippen LogP contribution in [0.5, 0.6) is 0 Å². The van der Waals surface area contributed by atoms with E-state index in [2.05, 4.69) is 20.6 Å². The largest absolute Gasteiger partial charge is 0.451 e. The van der Waals surface area contributed by atoms with Crippen LogP contribution in [0.2, 0.25) is 0 Å². The molecule has 0 spiro atoms. The number of nitrogens with one attached hydrogen (secondary N) is 2. The lowest BCUT2D eigenvalue weighted by Crippen LogP contribution is -2.23. The van der Waals surface area contributed by atoms with Crippen molar-refractivity contribution in [3.8, 4) is 0 Å². The molecule has 1 saturated carbocycles. The van der Waals surface area contributed by atoms with Crippen LogP contribution in [0.15, 0.2) is 6.07 Å². The third-order valence-corrected chi connectivity index (χ3v) is 3.40. The number of aliphatic hydroxyl groups excluding tert-OH is 1. The van der Waals surface area contributed by atoms with Gasteiger partial charge in [0.05, 0.1) is 6.10 Å². The van der Waals surface area contributed by atoms with Crippen LogP contribution in [-0.4, -0.2) is 34.8 Å². The lowest BCUT2D eigenvalue weighted by molar-refractivity contribution is -0.144. The molecular weight excluding hydrogens is 273 g/mol. The van der Waals surface area contributed by atoms with Crippen molar-refractivity contribution in [1.29, 1.82) is 0 Å². The van der Waals surface area contributed by atoms with E-state index in [1.165, 1.54) is 13.1 Å². The molecule has 0 aliphatic heterocycles. The van der Waals surface area contributed by atoms with Gasteiger partial charge in [-0.15, -0.1) is 0 Å². The molecule has 8 heteroatoms. The van der Waals surface area contributed by atoms with Gasteiger partial charge in [0, 0.05) is 25.6 Å². The van der Waals surface area contributed by atoms with Crippen LogP contribution >= 0.6 is 0 Å². The Hall–Kier alpha value is -1.57. The van der Waals surface area contributed by atoms with Crippen LogP contribution in [0, 0.1) is 5.92 Å². The first-order valence-electron chi connectivity index (χ1n) is 6.46. The first-order valence-corrected chi connectivity index (χ1v) is 6.46. The van der Waals surface area contributed by atoms with Crippen LogP contribution in [-0.2, 0) is 6.18 Å². The van der Waals surface area contributed by atoms with Crippen molar-refractivity contribution in [2.75, 3.05) is 24.2 Å². The van der Waals surface area contributed by atoms with Gasteiger partial charge in [-0.3, -0.25) is 0 Å². The lowest BCUT2D eigenvalue weighted by Gasteiger charge is -2.16. The summed E-state index contributed by atoms with van der Waals surface area (Å²) < 4.78 is 38.0. The standard InChI is InChI=1S/C12H17F3N4O/c1-16-9-5-10(19-11(18-9)12(13,14)15)17-6-7-3-2-4-8(7)20/h5,7-8,20H,2-4,6H2,1H3,(H2,16,17,18,19). The highest BCUT2D eigenvalue weighted by Gasteiger charge is 2.35. The van der Waals surface area contributed by atoms with E-state index in [1.807, 2.05) is 0 Å². The Morgan fingerprint density at radius 1 is 1.30 bits per heavy atom. The Bertz CT molecular complexity index is 467. The molecular formula is C12H17F3N4O. The van der Waals surface area contributed by atoms with Crippen molar-refractivity contribution in [2.24, 2.45) is 5.92 Å². The van der Waals surface area contributed by atoms with Gasteiger partial charge < -0.3 is 15.7 Å². The van der Waals surface area contributed by atoms with E-state index in [9.17, 15) is 18.3 Å². The molecule has 2 unspecified atom stereocenters. The normalized spacial score (nSPS) is 22.9. The zero-order chi connectivity index (χ0) is 14.8. The molecule has 0 saturated heterocycles. The molecule has 0 aromatic carbocycles. The quantitative estimate of drug-likeness (QED) is 0.792. The van der Waals surface area contributed by atoms with Gasteiger partial charge in [0.25, 0.3) is 0 Å². The van der Waals surface area contributed by atoms with E-state index in [1.54, 1.807) is 0 Å². The van der Waals surface area contributed by atoms with Gasteiger partial charge >= 0.3 is 6.18 Å². The summed E-state index contributed by atoms with van der Waals surface area (Å²) in [5, 5.41) is 15.1. The molecule has 0 amide bonds. The smallest absolute Gasteiger partial charge is 0.393 e. The maximum Gasteiger partial charge on any atom is 0.451 e. The maximum absolute atomic E-state index is 12.7. The SMILES string of the molecule is CNc1cc(NCC2CCCC2O)nc(C(F)(F)F)n1. The predicted molar refractivity (Wildman–Crippen MR) is 68.4 cm³/mol. The van der Waals surface area contributed by atoms with Crippen LogP contribution in [0.4, 0.5) is 24.8 Å². The summed E-state index contributed by atoms with van der Waals surface area (Å²) in [7, 11) is 1.49. The number of halogens is 3. The van der Waals surface area contributed by atoms with Crippen LogP contribution in [0.3, 0.4) is 0 Å². The van der Waals surface area contributed by atoms with E-state index < -0.39 is 18.1 Å². The van der Waals surface area contributed by atoms with Crippen molar-refractivity contribution in [3.63, 3.8) is 0 Å². The number of anilines is 2. The lowest BCUT2D eigenvalue weighted by atomic mass is 10.1. The fourth-order valence-corrected chi connectivity index (χ4v) is 2.28. The van der Waals surface area contributed by atoms with E-state index in [0.29, 0.717) is 6.54 Å². The molecule has 1 aliphatic carbocycles.